The molecule has 5 nitrogen and oxygen atoms in total. The first-order chi connectivity index (χ1) is 7.74. The molecule has 1 fully saturated rings. The van der Waals surface area contributed by atoms with Gasteiger partial charge in [0, 0.05) is 19.0 Å². The SMILES string of the molecule is CNC(=O)C1CCCN1C(=O)c1cscn1. The molecule has 86 valence electrons. The maximum absolute atomic E-state index is 12.0. The van der Waals surface area contributed by atoms with Gasteiger partial charge in [0.05, 0.1) is 5.51 Å². The molecule has 2 rings (SSSR count). The minimum absolute atomic E-state index is 0.0962. The van der Waals surface area contributed by atoms with Crippen LogP contribution >= 0.6 is 11.3 Å². The van der Waals surface area contributed by atoms with Crippen molar-refractivity contribution in [3.8, 4) is 0 Å². The van der Waals surface area contributed by atoms with E-state index in [1.165, 1.54) is 11.3 Å². The second-order valence-electron chi connectivity index (χ2n) is 3.64. The van der Waals surface area contributed by atoms with Gasteiger partial charge >= 0.3 is 0 Å². The largest absolute Gasteiger partial charge is 0.357 e. The molecule has 2 amide bonds. The number of amides is 2. The van der Waals surface area contributed by atoms with Crippen LogP contribution in [0.3, 0.4) is 0 Å². The van der Waals surface area contributed by atoms with Crippen LogP contribution in [0.4, 0.5) is 0 Å². The number of nitrogens with zero attached hydrogens (tertiary/aromatic N) is 2. The molecule has 6 heteroatoms. The van der Waals surface area contributed by atoms with Crippen molar-refractivity contribution in [3.05, 3.63) is 16.6 Å². The van der Waals surface area contributed by atoms with E-state index in [1.54, 1.807) is 22.8 Å². The van der Waals surface area contributed by atoms with Gasteiger partial charge in [-0.1, -0.05) is 0 Å². The van der Waals surface area contributed by atoms with Crippen LogP contribution in [-0.2, 0) is 4.79 Å². The van der Waals surface area contributed by atoms with Crippen LogP contribution in [-0.4, -0.2) is 41.3 Å². The average Bonchev–Trinajstić information content (AvgIpc) is 2.97. The Balaban J connectivity index is 2.14. The van der Waals surface area contributed by atoms with Crippen molar-refractivity contribution in [1.82, 2.24) is 15.2 Å². The van der Waals surface area contributed by atoms with E-state index in [9.17, 15) is 9.59 Å². The van der Waals surface area contributed by atoms with Crippen LogP contribution in [0.1, 0.15) is 23.3 Å². The van der Waals surface area contributed by atoms with Gasteiger partial charge in [0.25, 0.3) is 5.91 Å². The number of hydrogen-bond donors (Lipinski definition) is 1. The van der Waals surface area contributed by atoms with Crippen LogP contribution in [0, 0.1) is 0 Å². The predicted octanol–water partition coefficient (Wildman–Crippen LogP) is 0.494. The Bertz CT molecular complexity index is 391. The molecule has 16 heavy (non-hydrogen) atoms. The summed E-state index contributed by atoms with van der Waals surface area (Å²) in [5.41, 5.74) is 2.05. The fraction of sp³-hybridized carbons (Fsp3) is 0.500. The monoisotopic (exact) mass is 239 g/mol. The molecule has 2 heterocycles. The van der Waals surface area contributed by atoms with Gasteiger partial charge in [-0.2, -0.15) is 0 Å². The first kappa shape index (κ1) is 11.1. The molecule has 1 aromatic rings. The second-order valence-corrected chi connectivity index (χ2v) is 4.36. The topological polar surface area (TPSA) is 62.3 Å². The standard InChI is InChI=1S/C10H13N3O2S/c1-11-9(14)8-3-2-4-13(8)10(15)7-5-16-6-12-7/h5-6,8H,2-4H2,1H3,(H,11,14). The Morgan fingerprint density at radius 1 is 1.62 bits per heavy atom. The van der Waals surface area contributed by atoms with Gasteiger partial charge < -0.3 is 10.2 Å². The second kappa shape index (κ2) is 4.61. The summed E-state index contributed by atoms with van der Waals surface area (Å²) in [6, 6.07) is -0.334. The van der Waals surface area contributed by atoms with E-state index in [-0.39, 0.29) is 17.9 Å². The summed E-state index contributed by atoms with van der Waals surface area (Å²) in [6.07, 6.45) is 1.60. The van der Waals surface area contributed by atoms with Gasteiger partial charge in [-0.25, -0.2) is 4.98 Å². The van der Waals surface area contributed by atoms with Crippen LogP contribution < -0.4 is 5.32 Å². The Morgan fingerprint density at radius 2 is 2.44 bits per heavy atom. The molecule has 0 radical (unpaired) electrons. The average molecular weight is 239 g/mol. The number of likely N-dealkylation sites (tertiary alicyclic amines) is 1. The van der Waals surface area contributed by atoms with Crippen molar-refractivity contribution in [1.29, 1.82) is 0 Å². The van der Waals surface area contributed by atoms with Crippen molar-refractivity contribution >= 4 is 23.2 Å². The number of thiazole rings is 1. The highest BCUT2D eigenvalue weighted by Crippen LogP contribution is 2.20. The zero-order valence-corrected chi connectivity index (χ0v) is 9.79. The lowest BCUT2D eigenvalue weighted by molar-refractivity contribution is -0.124. The van der Waals surface area contributed by atoms with Crippen molar-refractivity contribution in [3.63, 3.8) is 0 Å². The Labute approximate surface area is 97.5 Å². The normalized spacial score (nSPS) is 19.8. The molecule has 0 aliphatic carbocycles. The summed E-state index contributed by atoms with van der Waals surface area (Å²) in [5.74, 6) is -0.242. The van der Waals surface area contributed by atoms with E-state index in [1.807, 2.05) is 0 Å². The van der Waals surface area contributed by atoms with Gasteiger partial charge in [0.1, 0.15) is 11.7 Å². The van der Waals surface area contributed by atoms with Crippen LogP contribution in [0.2, 0.25) is 0 Å². The number of rotatable bonds is 2. The molecule has 1 unspecified atom stereocenters. The number of nitrogens with one attached hydrogen (secondary N) is 1. The van der Waals surface area contributed by atoms with E-state index in [0.29, 0.717) is 12.2 Å². The van der Waals surface area contributed by atoms with Gasteiger partial charge in [-0.05, 0) is 12.8 Å². The Hall–Kier alpha value is -1.43. The molecule has 0 aromatic carbocycles. The fourth-order valence-electron chi connectivity index (χ4n) is 1.91. The van der Waals surface area contributed by atoms with Crippen molar-refractivity contribution in [2.24, 2.45) is 0 Å². The van der Waals surface area contributed by atoms with Gasteiger partial charge in [0.2, 0.25) is 5.91 Å². The van der Waals surface area contributed by atoms with E-state index in [0.717, 1.165) is 12.8 Å². The zero-order valence-electron chi connectivity index (χ0n) is 8.97. The smallest absolute Gasteiger partial charge is 0.274 e. The number of hydrogen-bond acceptors (Lipinski definition) is 4. The number of likely N-dealkylation sites (N-methyl/N-ethyl adjacent to an activating group) is 1. The van der Waals surface area contributed by atoms with E-state index >= 15 is 0 Å². The molecule has 1 N–H and O–H groups in total. The van der Waals surface area contributed by atoms with Crippen LogP contribution in [0.5, 0.6) is 0 Å². The van der Waals surface area contributed by atoms with Gasteiger partial charge in [-0.15, -0.1) is 11.3 Å². The third-order valence-electron chi connectivity index (χ3n) is 2.71. The molecule has 0 bridgehead atoms. The lowest BCUT2D eigenvalue weighted by Gasteiger charge is -2.22. The van der Waals surface area contributed by atoms with E-state index in [2.05, 4.69) is 10.3 Å². The maximum atomic E-state index is 12.0. The molecule has 1 saturated heterocycles. The molecule has 1 aliphatic rings. The third-order valence-corrected chi connectivity index (χ3v) is 3.30. The summed E-state index contributed by atoms with van der Waals surface area (Å²) in [7, 11) is 1.59. The molecular weight excluding hydrogens is 226 g/mol. The first-order valence-electron chi connectivity index (χ1n) is 5.15. The van der Waals surface area contributed by atoms with Crippen molar-refractivity contribution < 1.29 is 9.59 Å². The number of carbonyl (C=O) groups excluding carboxylic acids is 2. The van der Waals surface area contributed by atoms with Crippen molar-refractivity contribution in [2.45, 2.75) is 18.9 Å². The van der Waals surface area contributed by atoms with Gasteiger partial charge in [0.15, 0.2) is 0 Å². The summed E-state index contributed by atoms with van der Waals surface area (Å²) in [4.78, 5) is 29.2. The highest BCUT2D eigenvalue weighted by Gasteiger charge is 2.34. The van der Waals surface area contributed by atoms with Crippen LogP contribution in [0.25, 0.3) is 0 Å². The highest BCUT2D eigenvalue weighted by atomic mass is 32.1. The summed E-state index contributed by atoms with van der Waals surface area (Å²) in [6.45, 7) is 0.633. The fourth-order valence-corrected chi connectivity index (χ4v) is 2.44. The minimum atomic E-state index is -0.334. The Morgan fingerprint density at radius 3 is 3.06 bits per heavy atom. The molecular formula is C10H13N3O2S. The summed E-state index contributed by atoms with van der Waals surface area (Å²) < 4.78 is 0. The lowest BCUT2D eigenvalue weighted by atomic mass is 10.2. The van der Waals surface area contributed by atoms with Crippen LogP contribution in [0.15, 0.2) is 10.9 Å². The Kier molecular flexibility index (Phi) is 3.19. The van der Waals surface area contributed by atoms with Crippen molar-refractivity contribution in [2.75, 3.05) is 13.6 Å². The minimum Gasteiger partial charge on any atom is -0.357 e. The summed E-state index contributed by atoms with van der Waals surface area (Å²) in [5, 5.41) is 4.30. The lowest BCUT2D eigenvalue weighted by Crippen LogP contribution is -2.45. The highest BCUT2D eigenvalue weighted by molar-refractivity contribution is 7.07. The molecule has 1 aliphatic heterocycles. The number of carbonyl (C=O) groups is 2. The molecule has 0 saturated carbocycles. The summed E-state index contributed by atoms with van der Waals surface area (Å²) >= 11 is 1.38. The molecule has 0 spiro atoms. The molecule has 1 aromatic heterocycles. The predicted molar refractivity (Wildman–Crippen MR) is 60.2 cm³/mol. The first-order valence-corrected chi connectivity index (χ1v) is 6.09. The molecule has 1 atom stereocenters. The van der Waals surface area contributed by atoms with E-state index < -0.39 is 0 Å². The quantitative estimate of drug-likeness (QED) is 0.817. The van der Waals surface area contributed by atoms with E-state index in [4.69, 9.17) is 0 Å². The number of aromatic nitrogens is 1. The van der Waals surface area contributed by atoms with Gasteiger partial charge in [-0.3, -0.25) is 9.59 Å². The maximum Gasteiger partial charge on any atom is 0.274 e. The zero-order chi connectivity index (χ0) is 11.5. The third kappa shape index (κ3) is 1.92.